The normalized spacial score (nSPS) is 10.2. The highest BCUT2D eigenvalue weighted by Crippen LogP contribution is 2.27. The van der Waals surface area contributed by atoms with Crippen molar-refractivity contribution in [3.63, 3.8) is 0 Å². The molecule has 0 unspecified atom stereocenters. The van der Waals surface area contributed by atoms with Crippen molar-refractivity contribution in [3.8, 4) is 5.75 Å². The minimum Gasteiger partial charge on any atom is -0.483 e. The highest BCUT2D eigenvalue weighted by molar-refractivity contribution is 6.32. The number of amides is 1. The van der Waals surface area contributed by atoms with E-state index in [-0.39, 0.29) is 12.5 Å². The SMILES string of the molecule is C=CCNC(=O)COc1cccc(Cl)c1/C=C/C(=O)O. The van der Waals surface area contributed by atoms with Gasteiger partial charge in [-0.3, -0.25) is 4.79 Å². The van der Waals surface area contributed by atoms with Crippen molar-refractivity contribution in [1.29, 1.82) is 0 Å². The van der Waals surface area contributed by atoms with E-state index in [1.807, 2.05) is 0 Å². The zero-order valence-electron chi connectivity index (χ0n) is 10.6. The first-order valence-electron chi connectivity index (χ1n) is 5.74. The Morgan fingerprint density at radius 2 is 2.20 bits per heavy atom. The summed E-state index contributed by atoms with van der Waals surface area (Å²) in [7, 11) is 0. The minimum absolute atomic E-state index is 0.192. The van der Waals surface area contributed by atoms with Gasteiger partial charge in [0.05, 0.1) is 5.02 Å². The molecule has 1 aromatic carbocycles. The van der Waals surface area contributed by atoms with E-state index in [1.165, 1.54) is 6.08 Å². The molecule has 0 aliphatic carbocycles. The third kappa shape index (κ3) is 5.16. The second kappa shape index (κ2) is 8.01. The number of halogens is 1. The van der Waals surface area contributed by atoms with Gasteiger partial charge in [0.15, 0.2) is 6.61 Å². The lowest BCUT2D eigenvalue weighted by Crippen LogP contribution is -2.28. The third-order valence-corrected chi connectivity index (χ3v) is 2.54. The lowest BCUT2D eigenvalue weighted by atomic mass is 10.2. The Balaban J connectivity index is 2.79. The lowest BCUT2D eigenvalue weighted by Gasteiger charge is -2.10. The molecular formula is C14H14ClNO4. The number of aliphatic carboxylic acids is 1. The van der Waals surface area contributed by atoms with E-state index in [1.54, 1.807) is 24.3 Å². The molecule has 0 heterocycles. The smallest absolute Gasteiger partial charge is 0.328 e. The topological polar surface area (TPSA) is 75.6 Å². The summed E-state index contributed by atoms with van der Waals surface area (Å²) in [5.74, 6) is -1.07. The van der Waals surface area contributed by atoms with Crippen LogP contribution in [0.25, 0.3) is 6.08 Å². The number of benzene rings is 1. The maximum absolute atomic E-state index is 11.4. The zero-order chi connectivity index (χ0) is 15.0. The maximum Gasteiger partial charge on any atom is 0.328 e. The van der Waals surface area contributed by atoms with Gasteiger partial charge in [-0.1, -0.05) is 23.7 Å². The van der Waals surface area contributed by atoms with Crippen LogP contribution < -0.4 is 10.1 Å². The Labute approximate surface area is 121 Å². The van der Waals surface area contributed by atoms with Crippen molar-refractivity contribution in [1.82, 2.24) is 5.32 Å². The molecule has 0 atom stereocenters. The Morgan fingerprint density at radius 1 is 1.45 bits per heavy atom. The maximum atomic E-state index is 11.4. The summed E-state index contributed by atoms with van der Waals surface area (Å²) in [4.78, 5) is 21.9. The molecule has 5 nitrogen and oxygen atoms in total. The number of rotatable bonds is 7. The predicted molar refractivity (Wildman–Crippen MR) is 76.8 cm³/mol. The van der Waals surface area contributed by atoms with Gasteiger partial charge in [-0.05, 0) is 18.2 Å². The van der Waals surface area contributed by atoms with Crippen LogP contribution >= 0.6 is 11.6 Å². The Bertz CT molecular complexity index is 540. The van der Waals surface area contributed by atoms with Crippen molar-refractivity contribution < 1.29 is 19.4 Å². The summed E-state index contributed by atoms with van der Waals surface area (Å²) in [5, 5.41) is 11.5. The van der Waals surface area contributed by atoms with Gasteiger partial charge in [0.1, 0.15) is 5.75 Å². The minimum atomic E-state index is -1.10. The molecule has 1 rings (SSSR count). The van der Waals surface area contributed by atoms with Gasteiger partial charge in [-0.15, -0.1) is 6.58 Å². The molecule has 2 N–H and O–H groups in total. The number of carboxylic acid groups (broad SMARTS) is 1. The second-order valence-electron chi connectivity index (χ2n) is 3.70. The van der Waals surface area contributed by atoms with Crippen LogP contribution in [-0.2, 0) is 9.59 Å². The fraction of sp³-hybridized carbons (Fsp3) is 0.143. The Morgan fingerprint density at radius 3 is 2.85 bits per heavy atom. The molecule has 0 saturated heterocycles. The van der Waals surface area contributed by atoms with Crippen LogP contribution in [-0.4, -0.2) is 30.1 Å². The summed E-state index contributed by atoms with van der Waals surface area (Å²) in [6.07, 6.45) is 3.83. The van der Waals surface area contributed by atoms with E-state index in [9.17, 15) is 9.59 Å². The van der Waals surface area contributed by atoms with Gasteiger partial charge < -0.3 is 15.2 Å². The first-order chi connectivity index (χ1) is 9.54. The number of hydrogen-bond donors (Lipinski definition) is 2. The van der Waals surface area contributed by atoms with Crippen LogP contribution in [0.1, 0.15) is 5.56 Å². The largest absolute Gasteiger partial charge is 0.483 e. The third-order valence-electron chi connectivity index (χ3n) is 2.21. The van der Waals surface area contributed by atoms with Crippen LogP contribution in [0.15, 0.2) is 36.9 Å². The number of nitrogens with one attached hydrogen (secondary N) is 1. The second-order valence-corrected chi connectivity index (χ2v) is 4.11. The summed E-state index contributed by atoms with van der Waals surface area (Å²) in [6, 6.07) is 4.86. The van der Waals surface area contributed by atoms with Crippen molar-refractivity contribution in [2.45, 2.75) is 0 Å². The average Bonchev–Trinajstić information content (AvgIpc) is 2.41. The molecule has 0 fully saturated rings. The lowest BCUT2D eigenvalue weighted by molar-refractivity contribution is -0.131. The van der Waals surface area contributed by atoms with Crippen LogP contribution in [0.4, 0.5) is 0 Å². The molecule has 0 aliphatic heterocycles. The van der Waals surface area contributed by atoms with E-state index < -0.39 is 5.97 Å². The molecule has 0 saturated carbocycles. The van der Waals surface area contributed by atoms with Crippen LogP contribution in [0.2, 0.25) is 5.02 Å². The van der Waals surface area contributed by atoms with Crippen LogP contribution in [0.5, 0.6) is 5.75 Å². The van der Waals surface area contributed by atoms with E-state index in [2.05, 4.69) is 11.9 Å². The van der Waals surface area contributed by atoms with Crippen molar-refractivity contribution in [3.05, 3.63) is 47.5 Å². The molecule has 0 radical (unpaired) electrons. The van der Waals surface area contributed by atoms with Gasteiger partial charge in [-0.2, -0.15) is 0 Å². The number of carboxylic acids is 1. The monoisotopic (exact) mass is 295 g/mol. The molecule has 0 bridgehead atoms. The molecule has 0 aromatic heterocycles. The molecule has 1 aromatic rings. The zero-order valence-corrected chi connectivity index (χ0v) is 11.4. The van der Waals surface area contributed by atoms with Crippen LogP contribution in [0, 0.1) is 0 Å². The highest BCUT2D eigenvalue weighted by Gasteiger charge is 2.08. The highest BCUT2D eigenvalue weighted by atomic mass is 35.5. The molecule has 20 heavy (non-hydrogen) atoms. The quantitative estimate of drug-likeness (QED) is 0.597. The van der Waals surface area contributed by atoms with Gasteiger partial charge in [0.25, 0.3) is 5.91 Å². The predicted octanol–water partition coefficient (Wildman–Crippen LogP) is 2.12. The van der Waals surface area contributed by atoms with E-state index in [0.29, 0.717) is 22.9 Å². The molecule has 6 heteroatoms. The van der Waals surface area contributed by atoms with Gasteiger partial charge in [-0.25, -0.2) is 4.79 Å². The Hall–Kier alpha value is -2.27. The number of ether oxygens (including phenoxy) is 1. The molecular weight excluding hydrogens is 282 g/mol. The van der Waals surface area contributed by atoms with Crippen LogP contribution in [0.3, 0.4) is 0 Å². The first-order valence-corrected chi connectivity index (χ1v) is 6.12. The number of carbonyl (C=O) groups is 2. The number of hydrogen-bond acceptors (Lipinski definition) is 3. The van der Waals surface area contributed by atoms with Gasteiger partial charge in [0, 0.05) is 18.2 Å². The van der Waals surface area contributed by atoms with E-state index in [4.69, 9.17) is 21.4 Å². The summed E-state index contributed by atoms with van der Waals surface area (Å²) in [5.41, 5.74) is 0.410. The average molecular weight is 296 g/mol. The molecule has 106 valence electrons. The number of carbonyl (C=O) groups excluding carboxylic acids is 1. The van der Waals surface area contributed by atoms with E-state index in [0.717, 1.165) is 6.08 Å². The van der Waals surface area contributed by atoms with Crippen molar-refractivity contribution >= 4 is 29.6 Å². The summed E-state index contributed by atoms with van der Waals surface area (Å²) >= 11 is 5.97. The molecule has 1 amide bonds. The fourth-order valence-corrected chi connectivity index (χ4v) is 1.57. The fourth-order valence-electron chi connectivity index (χ4n) is 1.34. The molecule has 0 aliphatic rings. The van der Waals surface area contributed by atoms with Gasteiger partial charge in [0.2, 0.25) is 0 Å². The summed E-state index contributed by atoms with van der Waals surface area (Å²) < 4.78 is 5.33. The standard InChI is InChI=1S/C14H14ClNO4/c1-2-8-16-13(17)9-20-12-5-3-4-11(15)10(12)6-7-14(18)19/h2-7H,1,8-9H2,(H,16,17)(H,18,19)/b7-6+. The Kier molecular flexibility index (Phi) is 6.32. The van der Waals surface area contributed by atoms with E-state index >= 15 is 0 Å². The summed E-state index contributed by atoms with van der Waals surface area (Å²) in [6.45, 7) is 3.64. The van der Waals surface area contributed by atoms with Gasteiger partial charge >= 0.3 is 5.97 Å². The first kappa shape index (κ1) is 15.8. The molecule has 0 spiro atoms. The van der Waals surface area contributed by atoms with Crippen molar-refractivity contribution in [2.24, 2.45) is 0 Å². The van der Waals surface area contributed by atoms with Crippen molar-refractivity contribution in [2.75, 3.05) is 13.2 Å².